The number of carboxylic acids is 1. The van der Waals surface area contributed by atoms with Crippen molar-refractivity contribution >= 4 is 12.0 Å². The SMILES string of the molecule is CCCC1CCN(C(=O)N2CCCC2CC(=O)O)CC1. The molecule has 0 aromatic carbocycles. The van der Waals surface area contributed by atoms with Crippen LogP contribution in [0.25, 0.3) is 0 Å². The van der Waals surface area contributed by atoms with E-state index in [-0.39, 0.29) is 18.5 Å². The summed E-state index contributed by atoms with van der Waals surface area (Å²) in [7, 11) is 0. The highest BCUT2D eigenvalue weighted by Crippen LogP contribution is 2.26. The average Bonchev–Trinajstić information content (AvgIpc) is 2.86. The van der Waals surface area contributed by atoms with E-state index in [9.17, 15) is 9.59 Å². The summed E-state index contributed by atoms with van der Waals surface area (Å²) in [5.41, 5.74) is 0. The van der Waals surface area contributed by atoms with Crippen molar-refractivity contribution in [2.75, 3.05) is 19.6 Å². The number of hydrogen-bond donors (Lipinski definition) is 1. The molecule has 1 atom stereocenters. The van der Waals surface area contributed by atoms with Gasteiger partial charge in [0.1, 0.15) is 0 Å². The second kappa shape index (κ2) is 6.95. The lowest BCUT2D eigenvalue weighted by atomic mass is 9.93. The van der Waals surface area contributed by atoms with Gasteiger partial charge >= 0.3 is 12.0 Å². The molecule has 0 aromatic rings. The van der Waals surface area contributed by atoms with Gasteiger partial charge in [-0.3, -0.25) is 4.79 Å². The van der Waals surface area contributed by atoms with E-state index in [0.717, 1.165) is 44.7 Å². The van der Waals surface area contributed by atoms with Crippen molar-refractivity contribution in [3.05, 3.63) is 0 Å². The number of likely N-dealkylation sites (tertiary alicyclic amines) is 2. The fourth-order valence-corrected chi connectivity index (χ4v) is 3.50. The topological polar surface area (TPSA) is 60.9 Å². The number of rotatable bonds is 4. The van der Waals surface area contributed by atoms with E-state index in [2.05, 4.69) is 6.92 Å². The molecule has 0 saturated carbocycles. The summed E-state index contributed by atoms with van der Waals surface area (Å²) in [6.07, 6.45) is 6.49. The Bertz CT molecular complexity index is 351. The molecule has 2 aliphatic rings. The minimum Gasteiger partial charge on any atom is -0.481 e. The van der Waals surface area contributed by atoms with Crippen LogP contribution in [0.4, 0.5) is 4.79 Å². The monoisotopic (exact) mass is 282 g/mol. The fourth-order valence-electron chi connectivity index (χ4n) is 3.50. The molecule has 2 fully saturated rings. The molecule has 2 saturated heterocycles. The van der Waals surface area contributed by atoms with Crippen LogP contribution in [0.3, 0.4) is 0 Å². The second-order valence-electron chi connectivity index (χ2n) is 6.09. The predicted molar refractivity (Wildman–Crippen MR) is 76.6 cm³/mol. The predicted octanol–water partition coefficient (Wildman–Crippen LogP) is 2.56. The first-order valence-corrected chi connectivity index (χ1v) is 7.89. The molecule has 2 amide bonds. The quantitative estimate of drug-likeness (QED) is 0.862. The number of carboxylic acid groups (broad SMARTS) is 1. The van der Waals surface area contributed by atoms with Gasteiger partial charge in [-0.2, -0.15) is 0 Å². The number of urea groups is 1. The summed E-state index contributed by atoms with van der Waals surface area (Å²) in [4.78, 5) is 27.1. The minimum atomic E-state index is -0.809. The maximum absolute atomic E-state index is 12.5. The minimum absolute atomic E-state index is 0.0590. The molecule has 114 valence electrons. The molecule has 1 unspecified atom stereocenters. The highest BCUT2D eigenvalue weighted by Gasteiger charge is 2.34. The van der Waals surface area contributed by atoms with Gasteiger partial charge in [0.05, 0.1) is 6.42 Å². The summed E-state index contributed by atoms with van der Waals surface area (Å²) in [5.74, 6) is -0.0474. The van der Waals surface area contributed by atoms with Crippen LogP contribution in [-0.2, 0) is 4.79 Å². The van der Waals surface area contributed by atoms with Crippen LogP contribution in [-0.4, -0.2) is 52.6 Å². The number of amides is 2. The highest BCUT2D eigenvalue weighted by molar-refractivity contribution is 5.76. The lowest BCUT2D eigenvalue weighted by molar-refractivity contribution is -0.138. The third-order valence-electron chi connectivity index (χ3n) is 4.62. The molecule has 0 radical (unpaired) electrons. The summed E-state index contributed by atoms with van der Waals surface area (Å²) in [6.45, 7) is 4.59. The third-order valence-corrected chi connectivity index (χ3v) is 4.62. The van der Waals surface area contributed by atoms with Crippen LogP contribution >= 0.6 is 0 Å². The smallest absolute Gasteiger partial charge is 0.320 e. The molecular weight excluding hydrogens is 256 g/mol. The lowest BCUT2D eigenvalue weighted by Crippen LogP contribution is -2.48. The van der Waals surface area contributed by atoms with Crippen molar-refractivity contribution in [3.8, 4) is 0 Å². The number of carbonyl (C=O) groups is 2. The maximum atomic E-state index is 12.5. The van der Waals surface area contributed by atoms with Gasteiger partial charge in [0.25, 0.3) is 0 Å². The summed E-state index contributed by atoms with van der Waals surface area (Å²) >= 11 is 0. The Hall–Kier alpha value is -1.26. The Morgan fingerprint density at radius 1 is 1.15 bits per heavy atom. The van der Waals surface area contributed by atoms with E-state index < -0.39 is 5.97 Å². The molecule has 20 heavy (non-hydrogen) atoms. The maximum Gasteiger partial charge on any atom is 0.320 e. The molecule has 2 rings (SSSR count). The van der Waals surface area contributed by atoms with Crippen LogP contribution in [0, 0.1) is 5.92 Å². The molecule has 0 aromatic heterocycles. The van der Waals surface area contributed by atoms with Crippen LogP contribution < -0.4 is 0 Å². The van der Waals surface area contributed by atoms with Gasteiger partial charge < -0.3 is 14.9 Å². The number of hydrogen-bond acceptors (Lipinski definition) is 2. The van der Waals surface area contributed by atoms with Gasteiger partial charge in [0.2, 0.25) is 0 Å². The van der Waals surface area contributed by atoms with Crippen LogP contribution in [0.15, 0.2) is 0 Å². The molecule has 5 heteroatoms. The summed E-state index contributed by atoms with van der Waals surface area (Å²) in [5, 5.41) is 8.93. The second-order valence-corrected chi connectivity index (χ2v) is 6.09. The summed E-state index contributed by atoms with van der Waals surface area (Å²) < 4.78 is 0. The Morgan fingerprint density at radius 3 is 2.45 bits per heavy atom. The van der Waals surface area contributed by atoms with Crippen LogP contribution in [0.2, 0.25) is 0 Å². The zero-order valence-corrected chi connectivity index (χ0v) is 12.4. The zero-order valence-electron chi connectivity index (χ0n) is 12.4. The van der Waals surface area contributed by atoms with Crippen molar-refractivity contribution in [2.24, 2.45) is 5.92 Å². The molecular formula is C15H26N2O3. The van der Waals surface area contributed by atoms with Crippen LogP contribution in [0.1, 0.15) is 51.9 Å². The van der Waals surface area contributed by atoms with E-state index in [1.54, 1.807) is 4.90 Å². The van der Waals surface area contributed by atoms with E-state index in [0.29, 0.717) is 6.54 Å². The van der Waals surface area contributed by atoms with Crippen molar-refractivity contribution in [2.45, 2.75) is 57.9 Å². The van der Waals surface area contributed by atoms with Gasteiger partial charge in [-0.05, 0) is 31.6 Å². The molecule has 2 heterocycles. The molecule has 0 bridgehead atoms. The number of carbonyl (C=O) groups excluding carboxylic acids is 1. The van der Waals surface area contributed by atoms with Gasteiger partial charge in [-0.25, -0.2) is 4.79 Å². The van der Waals surface area contributed by atoms with E-state index >= 15 is 0 Å². The number of piperidine rings is 1. The Kier molecular flexibility index (Phi) is 5.26. The summed E-state index contributed by atoms with van der Waals surface area (Å²) in [6, 6.07) is -0.0444. The Morgan fingerprint density at radius 2 is 1.85 bits per heavy atom. The molecule has 2 aliphatic heterocycles. The van der Waals surface area contributed by atoms with Crippen molar-refractivity contribution in [1.29, 1.82) is 0 Å². The number of nitrogens with zero attached hydrogens (tertiary/aromatic N) is 2. The van der Waals surface area contributed by atoms with Crippen LogP contribution in [0.5, 0.6) is 0 Å². The van der Waals surface area contributed by atoms with E-state index in [1.807, 2.05) is 4.90 Å². The van der Waals surface area contributed by atoms with E-state index in [4.69, 9.17) is 5.11 Å². The average molecular weight is 282 g/mol. The fraction of sp³-hybridized carbons (Fsp3) is 0.867. The molecule has 0 spiro atoms. The zero-order chi connectivity index (χ0) is 14.5. The standard InChI is InChI=1S/C15H26N2O3/c1-2-4-12-6-9-16(10-7-12)15(20)17-8-3-5-13(17)11-14(18)19/h12-13H,2-11H2,1H3,(H,18,19). The first-order chi connectivity index (χ1) is 9.61. The largest absolute Gasteiger partial charge is 0.481 e. The first kappa shape index (κ1) is 15.1. The normalized spacial score (nSPS) is 24.1. The van der Waals surface area contributed by atoms with Crippen molar-refractivity contribution in [3.63, 3.8) is 0 Å². The Labute approximate surface area is 120 Å². The van der Waals surface area contributed by atoms with Crippen molar-refractivity contribution < 1.29 is 14.7 Å². The molecule has 5 nitrogen and oxygen atoms in total. The van der Waals surface area contributed by atoms with Gasteiger partial charge in [0.15, 0.2) is 0 Å². The highest BCUT2D eigenvalue weighted by atomic mass is 16.4. The van der Waals surface area contributed by atoms with Gasteiger partial charge in [-0.1, -0.05) is 19.8 Å². The number of aliphatic carboxylic acids is 1. The third kappa shape index (κ3) is 3.64. The van der Waals surface area contributed by atoms with Gasteiger partial charge in [0, 0.05) is 25.7 Å². The Balaban J connectivity index is 1.86. The lowest BCUT2D eigenvalue weighted by Gasteiger charge is -2.36. The van der Waals surface area contributed by atoms with Gasteiger partial charge in [-0.15, -0.1) is 0 Å². The van der Waals surface area contributed by atoms with Crippen molar-refractivity contribution in [1.82, 2.24) is 9.80 Å². The first-order valence-electron chi connectivity index (χ1n) is 7.89. The molecule has 1 N–H and O–H groups in total. The van der Waals surface area contributed by atoms with E-state index in [1.165, 1.54) is 12.8 Å². The molecule has 0 aliphatic carbocycles.